The lowest BCUT2D eigenvalue weighted by atomic mass is 10.0. The molecule has 1 N–H and O–H groups in total. The van der Waals surface area contributed by atoms with Crippen molar-refractivity contribution in [2.24, 2.45) is 0 Å². The van der Waals surface area contributed by atoms with Gasteiger partial charge in [-0.15, -0.1) is 0 Å². The Bertz CT molecular complexity index is 377. The molecule has 0 heterocycles. The van der Waals surface area contributed by atoms with Crippen LogP contribution in [0.3, 0.4) is 0 Å². The number of nitrogens with zero attached hydrogens (tertiary/aromatic N) is 1. The minimum absolute atomic E-state index is 0.164. The maximum atomic E-state index is 10.7. The molecule has 0 saturated heterocycles. The van der Waals surface area contributed by atoms with E-state index in [0.717, 1.165) is 12.8 Å². The van der Waals surface area contributed by atoms with Crippen LogP contribution in [0.4, 0.5) is 0 Å². The molecule has 0 unspecified atom stereocenters. The third-order valence-corrected chi connectivity index (χ3v) is 3.25. The Morgan fingerprint density at radius 1 is 1.27 bits per heavy atom. The quantitative estimate of drug-likeness (QED) is 0.819. The second-order valence-corrected chi connectivity index (χ2v) is 4.31. The van der Waals surface area contributed by atoms with Crippen molar-refractivity contribution in [2.45, 2.75) is 18.4 Å². The first-order valence-electron chi connectivity index (χ1n) is 5.07. The average Bonchev–Trinajstić information content (AvgIpc) is 2.98. The van der Waals surface area contributed by atoms with E-state index in [1.165, 1.54) is 5.56 Å². The number of benzene rings is 1. The van der Waals surface area contributed by atoms with Gasteiger partial charge in [0.25, 0.3) is 0 Å². The van der Waals surface area contributed by atoms with E-state index in [2.05, 4.69) is 19.0 Å². The van der Waals surface area contributed by atoms with E-state index in [1.54, 1.807) is 12.1 Å². The van der Waals surface area contributed by atoms with Crippen molar-refractivity contribution in [2.75, 3.05) is 14.1 Å². The summed E-state index contributed by atoms with van der Waals surface area (Å²) in [6.45, 7) is 0. The molecule has 0 amide bonds. The topological polar surface area (TPSA) is 40.5 Å². The molecule has 1 fully saturated rings. The van der Waals surface area contributed by atoms with E-state index in [-0.39, 0.29) is 5.54 Å². The van der Waals surface area contributed by atoms with Crippen molar-refractivity contribution in [3.63, 3.8) is 0 Å². The van der Waals surface area contributed by atoms with Crippen molar-refractivity contribution in [3.05, 3.63) is 35.4 Å². The Labute approximate surface area is 89.3 Å². The molecule has 80 valence electrons. The van der Waals surface area contributed by atoms with Gasteiger partial charge in [0.15, 0.2) is 0 Å². The van der Waals surface area contributed by atoms with Crippen LogP contribution in [0.15, 0.2) is 24.3 Å². The molecule has 3 heteroatoms. The van der Waals surface area contributed by atoms with Gasteiger partial charge in [-0.25, -0.2) is 4.79 Å². The Hall–Kier alpha value is -1.35. The standard InChI is InChI=1S/C12H15NO2/c1-13(2)12(7-8-12)10-5-3-9(4-6-10)11(14)15/h3-6H,7-8H2,1-2H3,(H,14,15). The summed E-state index contributed by atoms with van der Waals surface area (Å²) in [4.78, 5) is 12.9. The second-order valence-electron chi connectivity index (χ2n) is 4.31. The molecule has 0 atom stereocenters. The van der Waals surface area contributed by atoms with E-state index < -0.39 is 5.97 Å². The van der Waals surface area contributed by atoms with Crippen LogP contribution in [0.1, 0.15) is 28.8 Å². The van der Waals surface area contributed by atoms with Gasteiger partial charge < -0.3 is 5.11 Å². The Kier molecular flexibility index (Phi) is 2.27. The summed E-state index contributed by atoms with van der Waals surface area (Å²) in [5, 5.41) is 8.79. The molecule has 3 nitrogen and oxygen atoms in total. The molecule has 0 aliphatic heterocycles. The van der Waals surface area contributed by atoms with E-state index in [4.69, 9.17) is 5.11 Å². The first-order chi connectivity index (χ1) is 7.06. The number of carboxylic acids is 1. The van der Waals surface area contributed by atoms with Crippen molar-refractivity contribution in [1.29, 1.82) is 0 Å². The molecule has 1 aliphatic carbocycles. The molecule has 2 rings (SSSR count). The number of carboxylic acid groups (broad SMARTS) is 1. The third-order valence-electron chi connectivity index (χ3n) is 3.25. The number of aromatic carboxylic acids is 1. The lowest BCUT2D eigenvalue weighted by Crippen LogP contribution is -2.27. The van der Waals surface area contributed by atoms with Crippen LogP contribution >= 0.6 is 0 Å². The van der Waals surface area contributed by atoms with Crippen LogP contribution in [0.25, 0.3) is 0 Å². The van der Waals surface area contributed by atoms with Crippen molar-refractivity contribution in [1.82, 2.24) is 4.90 Å². The summed E-state index contributed by atoms with van der Waals surface area (Å²) < 4.78 is 0. The van der Waals surface area contributed by atoms with Gasteiger partial charge in [-0.05, 0) is 44.6 Å². The van der Waals surface area contributed by atoms with Gasteiger partial charge in [-0.2, -0.15) is 0 Å². The largest absolute Gasteiger partial charge is 0.478 e. The SMILES string of the molecule is CN(C)C1(c2ccc(C(=O)O)cc2)CC1. The third kappa shape index (κ3) is 1.63. The van der Waals surface area contributed by atoms with E-state index in [1.807, 2.05) is 12.1 Å². The van der Waals surface area contributed by atoms with Gasteiger partial charge in [0.2, 0.25) is 0 Å². The summed E-state index contributed by atoms with van der Waals surface area (Å²) >= 11 is 0. The first kappa shape index (κ1) is 10.2. The Balaban J connectivity index is 2.28. The second kappa shape index (κ2) is 3.35. The predicted molar refractivity (Wildman–Crippen MR) is 58.0 cm³/mol. The molecular formula is C12H15NO2. The highest BCUT2D eigenvalue weighted by Gasteiger charge is 2.46. The number of hydrogen-bond donors (Lipinski definition) is 1. The van der Waals surface area contributed by atoms with E-state index >= 15 is 0 Å². The molecule has 1 aromatic carbocycles. The summed E-state index contributed by atoms with van der Waals surface area (Å²) in [6, 6.07) is 7.22. The fraction of sp³-hybridized carbons (Fsp3) is 0.417. The van der Waals surface area contributed by atoms with Gasteiger partial charge in [0.05, 0.1) is 5.56 Å². The van der Waals surface area contributed by atoms with Crippen molar-refractivity contribution >= 4 is 5.97 Å². The molecular weight excluding hydrogens is 190 g/mol. The molecule has 0 bridgehead atoms. The Morgan fingerprint density at radius 2 is 1.80 bits per heavy atom. The molecule has 0 aromatic heterocycles. The fourth-order valence-corrected chi connectivity index (χ4v) is 2.04. The zero-order valence-electron chi connectivity index (χ0n) is 9.03. The van der Waals surface area contributed by atoms with Crippen LogP contribution in [-0.4, -0.2) is 30.1 Å². The van der Waals surface area contributed by atoms with Crippen LogP contribution in [0.5, 0.6) is 0 Å². The highest BCUT2D eigenvalue weighted by atomic mass is 16.4. The van der Waals surface area contributed by atoms with Crippen LogP contribution < -0.4 is 0 Å². The van der Waals surface area contributed by atoms with Gasteiger partial charge in [0, 0.05) is 5.54 Å². The summed E-state index contributed by atoms with van der Waals surface area (Å²) in [6.07, 6.45) is 2.32. The molecule has 0 radical (unpaired) electrons. The molecule has 1 saturated carbocycles. The van der Waals surface area contributed by atoms with Crippen LogP contribution in [0, 0.1) is 0 Å². The lowest BCUT2D eigenvalue weighted by molar-refractivity contribution is 0.0697. The molecule has 15 heavy (non-hydrogen) atoms. The van der Waals surface area contributed by atoms with E-state index in [9.17, 15) is 4.79 Å². The summed E-state index contributed by atoms with van der Waals surface area (Å²) in [5.41, 5.74) is 1.74. The average molecular weight is 205 g/mol. The maximum Gasteiger partial charge on any atom is 0.335 e. The molecule has 1 aromatic rings. The zero-order chi connectivity index (χ0) is 11.1. The lowest BCUT2D eigenvalue weighted by Gasteiger charge is -2.24. The molecule has 1 aliphatic rings. The highest BCUT2D eigenvalue weighted by Crippen LogP contribution is 2.49. The first-order valence-corrected chi connectivity index (χ1v) is 5.07. The number of hydrogen-bond acceptors (Lipinski definition) is 2. The summed E-state index contributed by atoms with van der Waals surface area (Å²) in [5.74, 6) is -0.865. The number of carbonyl (C=O) groups is 1. The van der Waals surface area contributed by atoms with Gasteiger partial charge >= 0.3 is 5.97 Å². The highest BCUT2D eigenvalue weighted by molar-refractivity contribution is 5.87. The normalized spacial score (nSPS) is 17.8. The minimum atomic E-state index is -0.865. The fourth-order valence-electron chi connectivity index (χ4n) is 2.04. The van der Waals surface area contributed by atoms with Gasteiger partial charge in [0.1, 0.15) is 0 Å². The summed E-state index contributed by atoms with van der Waals surface area (Å²) in [7, 11) is 4.14. The monoisotopic (exact) mass is 205 g/mol. The van der Waals surface area contributed by atoms with Crippen molar-refractivity contribution in [3.8, 4) is 0 Å². The van der Waals surface area contributed by atoms with E-state index in [0.29, 0.717) is 5.56 Å². The minimum Gasteiger partial charge on any atom is -0.478 e. The zero-order valence-corrected chi connectivity index (χ0v) is 9.03. The van der Waals surface area contributed by atoms with Gasteiger partial charge in [-0.1, -0.05) is 12.1 Å². The molecule has 0 spiro atoms. The smallest absolute Gasteiger partial charge is 0.335 e. The Morgan fingerprint density at radius 3 is 2.13 bits per heavy atom. The van der Waals surface area contributed by atoms with Crippen molar-refractivity contribution < 1.29 is 9.90 Å². The van der Waals surface area contributed by atoms with Gasteiger partial charge in [-0.3, -0.25) is 4.90 Å². The van der Waals surface area contributed by atoms with Crippen LogP contribution in [-0.2, 0) is 5.54 Å². The maximum absolute atomic E-state index is 10.7. The number of rotatable bonds is 3. The predicted octanol–water partition coefficient (Wildman–Crippen LogP) is 1.94. The van der Waals surface area contributed by atoms with Crippen LogP contribution in [0.2, 0.25) is 0 Å².